The van der Waals surface area contributed by atoms with Gasteiger partial charge < -0.3 is 10.5 Å². The first kappa shape index (κ1) is 25.4. The third kappa shape index (κ3) is 6.00. The number of thioether (sulfide) groups is 2. The topological polar surface area (TPSA) is 159 Å². The van der Waals surface area contributed by atoms with Crippen molar-refractivity contribution in [3.05, 3.63) is 76.9 Å². The number of amides is 1. The number of hydrogen-bond acceptors (Lipinski definition) is 12. The minimum atomic E-state index is -0.578. The van der Waals surface area contributed by atoms with Crippen LogP contribution < -0.4 is 15.9 Å². The molecule has 0 saturated heterocycles. The number of carbonyl (C=O) groups is 1. The van der Waals surface area contributed by atoms with E-state index in [1.54, 1.807) is 54.2 Å². The summed E-state index contributed by atoms with van der Waals surface area (Å²) >= 11 is 3.09. The number of nitrogens with zero attached hydrogens (tertiary/aromatic N) is 7. The smallest absolute Gasteiger partial charge is 0.293 e. The van der Waals surface area contributed by atoms with Crippen LogP contribution in [0.1, 0.15) is 27.3 Å². The van der Waals surface area contributed by atoms with Gasteiger partial charge in [-0.05, 0) is 34.1 Å². The van der Waals surface area contributed by atoms with E-state index in [0.29, 0.717) is 28.3 Å². The summed E-state index contributed by atoms with van der Waals surface area (Å²) < 4.78 is 26.4. The largest absolute Gasteiger partial charge is 0.489 e. The highest BCUT2D eigenvalue weighted by Gasteiger charge is 2.24. The number of hydrogen-bond donors (Lipinski definition) is 2. The maximum absolute atomic E-state index is 13.8. The van der Waals surface area contributed by atoms with Crippen LogP contribution in [0.15, 0.2) is 63.3 Å². The number of halogens is 1. The van der Waals surface area contributed by atoms with Gasteiger partial charge >= 0.3 is 0 Å². The SMILES string of the molecule is Nc1nonc1-n1nnc(C(=O)N/N=C\c2cccc(OCc3ccccc3F)c2)c1CSC1=NCCS1. The Hall–Kier alpha value is -4.24. The molecular weight excluding hydrogens is 533 g/mol. The van der Waals surface area contributed by atoms with Crippen LogP contribution in [-0.2, 0) is 12.4 Å². The van der Waals surface area contributed by atoms with Gasteiger partial charge in [-0.25, -0.2) is 14.4 Å². The van der Waals surface area contributed by atoms with Crippen LogP contribution >= 0.6 is 23.5 Å². The second-order valence-electron chi connectivity index (χ2n) is 7.71. The van der Waals surface area contributed by atoms with Crippen LogP contribution in [-0.4, -0.2) is 54.1 Å². The van der Waals surface area contributed by atoms with Gasteiger partial charge in [0.05, 0.1) is 18.5 Å². The van der Waals surface area contributed by atoms with Crippen LogP contribution in [0.25, 0.3) is 5.82 Å². The average Bonchev–Trinajstić information content (AvgIpc) is 3.68. The molecule has 3 heterocycles. The van der Waals surface area contributed by atoms with E-state index in [0.717, 1.165) is 16.7 Å². The number of nitrogen functional groups attached to an aromatic ring is 1. The summed E-state index contributed by atoms with van der Waals surface area (Å²) in [4.78, 5) is 17.4. The number of aliphatic imine (C=N–C) groups is 1. The Morgan fingerprint density at radius 1 is 1.29 bits per heavy atom. The first-order valence-electron chi connectivity index (χ1n) is 11.2. The number of carbonyl (C=O) groups excluding carboxylic acids is 1. The second-order valence-corrected chi connectivity index (χ2v) is 10.0. The molecule has 4 aromatic rings. The predicted molar refractivity (Wildman–Crippen MR) is 142 cm³/mol. The van der Waals surface area contributed by atoms with E-state index < -0.39 is 5.91 Å². The maximum atomic E-state index is 13.8. The van der Waals surface area contributed by atoms with Crippen molar-refractivity contribution in [1.82, 2.24) is 30.7 Å². The number of anilines is 1. The molecule has 0 atom stereocenters. The fraction of sp³-hybridized carbons (Fsp3) is 0.174. The lowest BCUT2D eigenvalue weighted by atomic mass is 10.2. The Morgan fingerprint density at radius 2 is 2.18 bits per heavy atom. The van der Waals surface area contributed by atoms with Gasteiger partial charge in [0.1, 0.15) is 22.5 Å². The van der Waals surface area contributed by atoms with Crippen LogP contribution in [0.5, 0.6) is 5.75 Å². The third-order valence-electron chi connectivity index (χ3n) is 5.15. The van der Waals surface area contributed by atoms with Gasteiger partial charge in [-0.3, -0.25) is 9.79 Å². The van der Waals surface area contributed by atoms with E-state index in [2.05, 4.69) is 40.8 Å². The van der Waals surface area contributed by atoms with Crippen LogP contribution in [0, 0.1) is 5.82 Å². The minimum Gasteiger partial charge on any atom is -0.489 e. The highest BCUT2D eigenvalue weighted by molar-refractivity contribution is 8.38. The summed E-state index contributed by atoms with van der Waals surface area (Å²) in [7, 11) is 0. The zero-order valence-corrected chi connectivity index (χ0v) is 21.3. The summed E-state index contributed by atoms with van der Waals surface area (Å²) in [5.41, 5.74) is 9.87. The zero-order valence-electron chi connectivity index (χ0n) is 19.7. The van der Waals surface area contributed by atoms with Gasteiger partial charge in [0, 0.05) is 17.1 Å². The van der Waals surface area contributed by atoms with E-state index >= 15 is 0 Å². The molecule has 2 aromatic heterocycles. The molecule has 0 saturated carbocycles. The van der Waals surface area contributed by atoms with Crippen molar-refractivity contribution in [2.45, 2.75) is 12.4 Å². The van der Waals surface area contributed by atoms with Gasteiger partial charge in [-0.2, -0.15) is 9.78 Å². The molecule has 0 unspecified atom stereocenters. The Kier molecular flexibility index (Phi) is 7.94. The van der Waals surface area contributed by atoms with Gasteiger partial charge in [0.2, 0.25) is 11.6 Å². The molecule has 0 fully saturated rings. The molecule has 12 nitrogen and oxygen atoms in total. The molecule has 15 heteroatoms. The molecule has 38 heavy (non-hydrogen) atoms. The van der Waals surface area contributed by atoms with Crippen molar-refractivity contribution in [3.8, 4) is 11.6 Å². The van der Waals surface area contributed by atoms with Crippen LogP contribution in [0.2, 0.25) is 0 Å². The summed E-state index contributed by atoms with van der Waals surface area (Å²) in [6.45, 7) is 0.832. The van der Waals surface area contributed by atoms with E-state index in [9.17, 15) is 9.18 Å². The summed E-state index contributed by atoms with van der Waals surface area (Å²) in [6, 6.07) is 13.4. The monoisotopic (exact) mass is 553 g/mol. The molecule has 0 aliphatic carbocycles. The fourth-order valence-corrected chi connectivity index (χ4v) is 5.33. The van der Waals surface area contributed by atoms with E-state index in [1.807, 2.05) is 0 Å². The highest BCUT2D eigenvalue weighted by Crippen LogP contribution is 2.27. The normalized spacial score (nSPS) is 13.1. The number of aromatic nitrogens is 5. The molecule has 1 aliphatic heterocycles. The second kappa shape index (κ2) is 11.9. The standard InChI is InChI=1S/C23H20FN9O3S2/c24-17-7-2-1-5-15(17)12-35-16-6-3-4-14(10-16)11-27-29-22(34)19-18(13-38-23-26-8-9-37-23)33(32-28-19)21-20(25)30-36-31-21/h1-7,10-11H,8-9,12-13H2,(H2,25,30)(H,29,34)/b27-11-. The molecule has 0 spiro atoms. The molecule has 5 rings (SSSR count). The Balaban J connectivity index is 1.27. The van der Waals surface area contributed by atoms with Crippen molar-refractivity contribution < 1.29 is 18.6 Å². The minimum absolute atomic E-state index is 0.0100. The first-order valence-corrected chi connectivity index (χ1v) is 13.2. The van der Waals surface area contributed by atoms with Crippen LogP contribution in [0.4, 0.5) is 10.2 Å². The summed E-state index contributed by atoms with van der Waals surface area (Å²) in [5.74, 6) is 0.999. The third-order valence-corrected chi connectivity index (χ3v) is 7.42. The molecular formula is C23H20FN9O3S2. The maximum Gasteiger partial charge on any atom is 0.293 e. The molecule has 194 valence electrons. The number of benzene rings is 2. The molecule has 3 N–H and O–H groups in total. The molecule has 0 radical (unpaired) electrons. The number of nitrogens with one attached hydrogen (secondary N) is 1. The fourth-order valence-electron chi connectivity index (χ4n) is 3.33. The van der Waals surface area contributed by atoms with Crippen molar-refractivity contribution in [2.75, 3.05) is 18.0 Å². The van der Waals surface area contributed by atoms with Crippen molar-refractivity contribution in [3.63, 3.8) is 0 Å². The van der Waals surface area contributed by atoms with Crippen LogP contribution in [0.3, 0.4) is 0 Å². The lowest BCUT2D eigenvalue weighted by Crippen LogP contribution is -2.20. The van der Waals surface area contributed by atoms with E-state index in [-0.39, 0.29) is 29.8 Å². The number of rotatable bonds is 9. The van der Waals surface area contributed by atoms with E-state index in [1.165, 1.54) is 28.7 Å². The zero-order chi connectivity index (χ0) is 26.3. The van der Waals surface area contributed by atoms with Crippen molar-refractivity contribution >= 4 is 45.8 Å². The summed E-state index contributed by atoms with van der Waals surface area (Å²) in [5, 5.41) is 19.4. The van der Waals surface area contributed by atoms with Crippen molar-refractivity contribution in [2.24, 2.45) is 10.1 Å². The Morgan fingerprint density at radius 3 is 2.97 bits per heavy atom. The van der Waals surface area contributed by atoms with Gasteiger partial charge in [0.25, 0.3) is 5.91 Å². The van der Waals surface area contributed by atoms with Gasteiger partial charge in [-0.15, -0.1) is 5.10 Å². The summed E-state index contributed by atoms with van der Waals surface area (Å²) in [6.07, 6.45) is 1.45. The first-order chi connectivity index (χ1) is 18.6. The highest BCUT2D eigenvalue weighted by atomic mass is 32.2. The number of ether oxygens (including phenoxy) is 1. The number of hydrazone groups is 1. The number of nitrogens with two attached hydrogens (primary N) is 1. The quantitative estimate of drug-likeness (QED) is 0.233. The Labute approximate surface area is 223 Å². The lowest BCUT2D eigenvalue weighted by molar-refractivity contribution is 0.0949. The predicted octanol–water partition coefficient (Wildman–Crippen LogP) is 3.05. The Bertz CT molecular complexity index is 1500. The van der Waals surface area contributed by atoms with Crippen molar-refractivity contribution in [1.29, 1.82) is 0 Å². The molecule has 2 aromatic carbocycles. The van der Waals surface area contributed by atoms with E-state index in [4.69, 9.17) is 10.5 Å². The molecule has 1 amide bonds. The molecule has 0 bridgehead atoms. The molecule has 1 aliphatic rings. The van der Waals surface area contributed by atoms with Gasteiger partial charge in [-0.1, -0.05) is 59.1 Å². The lowest BCUT2D eigenvalue weighted by Gasteiger charge is -2.07. The van der Waals surface area contributed by atoms with Gasteiger partial charge in [0.15, 0.2) is 5.69 Å². The average molecular weight is 554 g/mol.